The molecule has 0 aliphatic carbocycles. The molecule has 0 unspecified atom stereocenters. The zero-order valence-electron chi connectivity index (χ0n) is 15.3. The van der Waals surface area contributed by atoms with Crippen molar-refractivity contribution in [2.24, 2.45) is 11.8 Å². The molecule has 4 nitrogen and oxygen atoms in total. The Balaban J connectivity index is 1.41. The molecule has 2 aliphatic rings. The summed E-state index contributed by atoms with van der Waals surface area (Å²) >= 11 is 0. The van der Waals surface area contributed by atoms with Crippen molar-refractivity contribution in [3.63, 3.8) is 0 Å². The first-order valence-electron chi connectivity index (χ1n) is 9.37. The van der Waals surface area contributed by atoms with E-state index in [1.165, 1.54) is 43.6 Å². The first-order valence-corrected chi connectivity index (χ1v) is 9.37. The summed E-state index contributed by atoms with van der Waals surface area (Å²) in [7, 11) is 0. The molecule has 2 N–H and O–H groups in total. The first-order chi connectivity index (χ1) is 11.5. The summed E-state index contributed by atoms with van der Waals surface area (Å²) < 4.78 is 0. The summed E-state index contributed by atoms with van der Waals surface area (Å²) in [6.07, 6.45) is 3.20. The van der Waals surface area contributed by atoms with Crippen LogP contribution in [0.2, 0.25) is 0 Å². The van der Waals surface area contributed by atoms with Gasteiger partial charge in [-0.15, -0.1) is 0 Å². The van der Waals surface area contributed by atoms with Crippen molar-refractivity contribution in [3.8, 4) is 0 Å². The number of fused-ring (bicyclic) bond motifs is 1. The van der Waals surface area contributed by atoms with Gasteiger partial charge in [-0.25, -0.2) is 0 Å². The molecule has 2 aliphatic heterocycles. The summed E-state index contributed by atoms with van der Waals surface area (Å²) in [6, 6.07) is 6.25. The third kappa shape index (κ3) is 4.29. The largest absolute Gasteiger partial charge is 0.373 e. The average Bonchev–Trinajstić information content (AvgIpc) is 2.96. The van der Waals surface area contributed by atoms with Crippen LogP contribution in [-0.2, 0) is 11.2 Å². The number of amides is 1. The average molecular weight is 329 g/mol. The van der Waals surface area contributed by atoms with Crippen LogP contribution in [0.5, 0.6) is 0 Å². The van der Waals surface area contributed by atoms with Gasteiger partial charge in [0.15, 0.2) is 0 Å². The van der Waals surface area contributed by atoms with Gasteiger partial charge in [0.05, 0.1) is 0 Å². The number of carbonyl (C=O) groups is 1. The molecule has 0 saturated carbocycles. The molecule has 1 amide bonds. The quantitative estimate of drug-likeness (QED) is 0.873. The van der Waals surface area contributed by atoms with Crippen molar-refractivity contribution in [3.05, 3.63) is 29.3 Å². The number of nitrogens with one attached hydrogen (secondary N) is 2. The van der Waals surface area contributed by atoms with E-state index in [4.69, 9.17) is 0 Å². The van der Waals surface area contributed by atoms with Crippen LogP contribution in [0.4, 0.5) is 5.69 Å². The minimum atomic E-state index is -0.108. The lowest BCUT2D eigenvalue weighted by Gasteiger charge is -2.33. The number of hydrogen-bond acceptors (Lipinski definition) is 3. The fraction of sp³-hybridized carbons (Fsp3) is 0.650. The highest BCUT2D eigenvalue weighted by Gasteiger charge is 2.27. The lowest BCUT2D eigenvalue weighted by Crippen LogP contribution is -2.43. The van der Waals surface area contributed by atoms with Gasteiger partial charge in [0.25, 0.3) is 0 Å². The van der Waals surface area contributed by atoms with Gasteiger partial charge in [0.1, 0.15) is 6.04 Å². The molecule has 1 aromatic rings. The molecule has 2 heterocycles. The third-order valence-corrected chi connectivity index (χ3v) is 5.23. The van der Waals surface area contributed by atoms with Crippen molar-refractivity contribution in [1.29, 1.82) is 0 Å². The van der Waals surface area contributed by atoms with E-state index in [0.717, 1.165) is 24.6 Å². The number of hydrogen-bond donors (Lipinski definition) is 2. The Morgan fingerprint density at radius 3 is 2.79 bits per heavy atom. The van der Waals surface area contributed by atoms with Crippen molar-refractivity contribution >= 4 is 11.6 Å². The van der Waals surface area contributed by atoms with E-state index in [1.807, 2.05) is 0 Å². The molecule has 132 valence electrons. The third-order valence-electron chi connectivity index (χ3n) is 5.23. The van der Waals surface area contributed by atoms with Crippen LogP contribution >= 0.6 is 0 Å². The first kappa shape index (κ1) is 17.3. The smallest absolute Gasteiger partial charge is 0.242 e. The lowest BCUT2D eigenvalue weighted by atomic mass is 9.96. The Kier molecular flexibility index (Phi) is 5.44. The molecule has 4 heteroatoms. The topological polar surface area (TPSA) is 44.4 Å². The molecule has 24 heavy (non-hydrogen) atoms. The Morgan fingerprint density at radius 1 is 1.33 bits per heavy atom. The maximum atomic E-state index is 12.5. The number of likely N-dealkylation sites (tertiary alicyclic amines) is 1. The highest BCUT2D eigenvalue weighted by Crippen LogP contribution is 2.26. The van der Waals surface area contributed by atoms with Crippen LogP contribution in [0.3, 0.4) is 0 Å². The number of aryl methyl sites for hydroxylation is 1. The molecule has 3 rings (SSSR count). The van der Waals surface area contributed by atoms with Gasteiger partial charge in [-0.05, 0) is 56.3 Å². The highest BCUT2D eigenvalue weighted by atomic mass is 16.2. The lowest BCUT2D eigenvalue weighted by molar-refractivity contribution is -0.122. The zero-order valence-corrected chi connectivity index (χ0v) is 15.3. The SMILES string of the molecule is Cc1ccc2c(c1)C[C@@H](C(=O)NCC1CCN(CC(C)C)CC1)N2. The number of rotatable bonds is 5. The molecule has 0 radical (unpaired) electrons. The van der Waals surface area contributed by atoms with E-state index in [2.05, 4.69) is 54.5 Å². The van der Waals surface area contributed by atoms with Crippen LogP contribution < -0.4 is 10.6 Å². The van der Waals surface area contributed by atoms with E-state index in [1.54, 1.807) is 0 Å². The summed E-state index contributed by atoms with van der Waals surface area (Å²) in [4.78, 5) is 15.0. The summed E-state index contributed by atoms with van der Waals surface area (Å²) in [5, 5.41) is 6.54. The van der Waals surface area contributed by atoms with Crippen LogP contribution in [-0.4, -0.2) is 43.0 Å². The molecule has 0 aromatic heterocycles. The Hall–Kier alpha value is -1.55. The normalized spacial score (nSPS) is 21.6. The minimum absolute atomic E-state index is 0.108. The van der Waals surface area contributed by atoms with Crippen molar-refractivity contribution in [2.75, 3.05) is 31.5 Å². The minimum Gasteiger partial charge on any atom is -0.373 e. The monoisotopic (exact) mass is 329 g/mol. The maximum Gasteiger partial charge on any atom is 0.242 e. The van der Waals surface area contributed by atoms with Crippen molar-refractivity contribution in [2.45, 2.75) is 46.1 Å². The van der Waals surface area contributed by atoms with Crippen LogP contribution in [0, 0.1) is 18.8 Å². The predicted octanol–water partition coefficient (Wildman–Crippen LogP) is 2.82. The molecule has 1 aromatic carbocycles. The van der Waals surface area contributed by atoms with E-state index in [-0.39, 0.29) is 11.9 Å². The highest BCUT2D eigenvalue weighted by molar-refractivity contribution is 5.87. The van der Waals surface area contributed by atoms with Crippen molar-refractivity contribution < 1.29 is 4.79 Å². The summed E-state index contributed by atoms with van der Waals surface area (Å²) in [6.45, 7) is 11.0. The zero-order chi connectivity index (χ0) is 17.1. The van der Waals surface area contributed by atoms with E-state index in [0.29, 0.717) is 5.92 Å². The Bertz CT molecular complexity index is 576. The van der Waals surface area contributed by atoms with Gasteiger partial charge in [0.2, 0.25) is 5.91 Å². The van der Waals surface area contributed by atoms with Crippen LogP contribution in [0.15, 0.2) is 18.2 Å². The van der Waals surface area contributed by atoms with Gasteiger partial charge in [-0.2, -0.15) is 0 Å². The molecule has 1 fully saturated rings. The van der Waals surface area contributed by atoms with E-state index < -0.39 is 0 Å². The number of anilines is 1. The number of piperidine rings is 1. The van der Waals surface area contributed by atoms with Gasteiger partial charge in [-0.1, -0.05) is 31.5 Å². The van der Waals surface area contributed by atoms with E-state index in [9.17, 15) is 4.79 Å². The Morgan fingerprint density at radius 2 is 2.08 bits per heavy atom. The fourth-order valence-electron chi connectivity index (χ4n) is 3.91. The molecular formula is C20H31N3O. The predicted molar refractivity (Wildman–Crippen MR) is 99.3 cm³/mol. The van der Waals surface area contributed by atoms with Gasteiger partial charge < -0.3 is 15.5 Å². The molecule has 1 saturated heterocycles. The van der Waals surface area contributed by atoms with Gasteiger partial charge >= 0.3 is 0 Å². The van der Waals surface area contributed by atoms with E-state index >= 15 is 0 Å². The van der Waals surface area contributed by atoms with Gasteiger partial charge in [-0.3, -0.25) is 4.79 Å². The second-order valence-corrected chi connectivity index (χ2v) is 7.94. The molecule has 0 bridgehead atoms. The number of carbonyl (C=O) groups excluding carboxylic acids is 1. The molecule has 0 spiro atoms. The van der Waals surface area contributed by atoms with Crippen LogP contribution in [0.1, 0.15) is 37.8 Å². The maximum absolute atomic E-state index is 12.5. The van der Waals surface area contributed by atoms with Crippen LogP contribution in [0.25, 0.3) is 0 Å². The number of benzene rings is 1. The Labute approximate surface area is 146 Å². The molecule has 1 atom stereocenters. The summed E-state index contributed by atoms with van der Waals surface area (Å²) in [5.41, 5.74) is 3.63. The van der Waals surface area contributed by atoms with Crippen molar-refractivity contribution in [1.82, 2.24) is 10.2 Å². The second-order valence-electron chi connectivity index (χ2n) is 7.94. The number of nitrogens with zero attached hydrogens (tertiary/aromatic N) is 1. The molecular weight excluding hydrogens is 298 g/mol. The van der Waals surface area contributed by atoms with Gasteiger partial charge in [0, 0.05) is 25.2 Å². The second kappa shape index (κ2) is 7.56. The summed E-state index contributed by atoms with van der Waals surface area (Å²) in [5.74, 6) is 1.51. The fourth-order valence-corrected chi connectivity index (χ4v) is 3.91. The standard InChI is InChI=1S/C20H31N3O/c1-14(2)13-23-8-6-16(7-9-23)12-21-20(24)19-11-17-10-15(3)4-5-18(17)22-19/h4-5,10,14,16,19,22H,6-9,11-13H2,1-3H3,(H,21,24)/t19-/m0/s1.